The van der Waals surface area contributed by atoms with E-state index >= 15 is 0 Å². The minimum absolute atomic E-state index is 0.157. The second-order valence-electron chi connectivity index (χ2n) is 3.59. The lowest BCUT2D eigenvalue weighted by atomic mass is 10.3. The molecule has 5 nitrogen and oxygen atoms in total. The molecule has 90 valence electrons. The van der Waals surface area contributed by atoms with E-state index in [1.54, 1.807) is 20.2 Å². The van der Waals surface area contributed by atoms with Crippen molar-refractivity contribution in [3.8, 4) is 0 Å². The lowest BCUT2D eigenvalue weighted by Gasteiger charge is -1.99. The van der Waals surface area contributed by atoms with Crippen LogP contribution < -0.4 is 5.56 Å². The molecule has 0 fully saturated rings. The zero-order valence-corrected chi connectivity index (χ0v) is 11.0. The van der Waals surface area contributed by atoms with Crippen molar-refractivity contribution in [2.45, 2.75) is 6.92 Å². The molecule has 0 saturated carbocycles. The second-order valence-corrected chi connectivity index (χ2v) is 4.44. The number of nitrogens with zero attached hydrogens (tertiary/aromatic N) is 1. The standard InChI is InChI=1S/C11H11BrN2O3/c1-3-17-11(16)8-4-6-9(13-8)7(12)5-14(2)10(6)15/h4-5,13H,3H2,1-2H3. The molecule has 0 saturated heterocycles. The van der Waals surface area contributed by atoms with Crippen molar-refractivity contribution in [2.24, 2.45) is 7.05 Å². The summed E-state index contributed by atoms with van der Waals surface area (Å²) in [6, 6.07) is 1.51. The summed E-state index contributed by atoms with van der Waals surface area (Å²) in [5.41, 5.74) is 0.733. The van der Waals surface area contributed by atoms with Crippen molar-refractivity contribution in [1.29, 1.82) is 0 Å². The van der Waals surface area contributed by atoms with Gasteiger partial charge in [0.05, 0.1) is 22.0 Å². The molecule has 0 aliphatic rings. The van der Waals surface area contributed by atoms with Crippen LogP contribution in [0.1, 0.15) is 17.4 Å². The predicted molar refractivity (Wildman–Crippen MR) is 67.2 cm³/mol. The molecule has 2 heterocycles. The van der Waals surface area contributed by atoms with Crippen LogP contribution in [0.15, 0.2) is 21.5 Å². The van der Waals surface area contributed by atoms with Crippen LogP contribution in [0.4, 0.5) is 0 Å². The third-order valence-corrected chi connectivity index (χ3v) is 3.01. The van der Waals surface area contributed by atoms with Gasteiger partial charge in [-0.2, -0.15) is 0 Å². The van der Waals surface area contributed by atoms with Crippen molar-refractivity contribution in [3.05, 3.63) is 32.8 Å². The molecule has 2 aromatic heterocycles. The molecule has 0 spiro atoms. The second kappa shape index (κ2) is 4.37. The van der Waals surface area contributed by atoms with Crippen molar-refractivity contribution < 1.29 is 9.53 Å². The number of carbonyl (C=O) groups excluding carboxylic acids is 1. The zero-order valence-electron chi connectivity index (χ0n) is 9.41. The average Bonchev–Trinajstić information content (AvgIpc) is 2.72. The van der Waals surface area contributed by atoms with Gasteiger partial charge in [0, 0.05) is 13.2 Å². The molecule has 0 bridgehead atoms. The number of rotatable bonds is 2. The van der Waals surface area contributed by atoms with Crippen LogP contribution in [0.3, 0.4) is 0 Å². The van der Waals surface area contributed by atoms with E-state index in [1.165, 1.54) is 10.6 Å². The summed E-state index contributed by atoms with van der Waals surface area (Å²) in [4.78, 5) is 26.3. The highest BCUT2D eigenvalue weighted by molar-refractivity contribution is 9.10. The van der Waals surface area contributed by atoms with Gasteiger partial charge in [0.15, 0.2) is 0 Å². The molecule has 0 aromatic carbocycles. The smallest absolute Gasteiger partial charge is 0.354 e. The molecular formula is C11H11BrN2O3. The maximum Gasteiger partial charge on any atom is 0.354 e. The summed E-state index contributed by atoms with van der Waals surface area (Å²) >= 11 is 3.34. The van der Waals surface area contributed by atoms with E-state index in [2.05, 4.69) is 20.9 Å². The highest BCUT2D eigenvalue weighted by Crippen LogP contribution is 2.21. The van der Waals surface area contributed by atoms with Gasteiger partial charge >= 0.3 is 5.97 Å². The van der Waals surface area contributed by atoms with Gasteiger partial charge < -0.3 is 14.3 Å². The summed E-state index contributed by atoms with van der Waals surface area (Å²) in [5.74, 6) is -0.461. The van der Waals surface area contributed by atoms with Crippen molar-refractivity contribution in [2.75, 3.05) is 6.61 Å². The molecule has 2 aromatic rings. The maximum absolute atomic E-state index is 11.8. The van der Waals surface area contributed by atoms with Crippen LogP contribution in [0.25, 0.3) is 10.9 Å². The predicted octanol–water partition coefficient (Wildman–Crippen LogP) is 1.81. The maximum atomic E-state index is 11.8. The Balaban J connectivity index is 2.65. The number of carbonyl (C=O) groups is 1. The lowest BCUT2D eigenvalue weighted by molar-refractivity contribution is 0.0520. The van der Waals surface area contributed by atoms with E-state index in [1.807, 2.05) is 0 Å². The monoisotopic (exact) mass is 298 g/mol. The third-order valence-electron chi connectivity index (χ3n) is 2.41. The Bertz CT molecular complexity index is 642. The molecule has 0 atom stereocenters. The van der Waals surface area contributed by atoms with Crippen LogP contribution in [-0.2, 0) is 11.8 Å². The molecule has 0 amide bonds. The number of hydrogen-bond donors (Lipinski definition) is 1. The minimum Gasteiger partial charge on any atom is -0.461 e. The van der Waals surface area contributed by atoms with Gasteiger partial charge in [-0.1, -0.05) is 0 Å². The Kier molecular flexibility index (Phi) is 3.06. The fraction of sp³-hybridized carbons (Fsp3) is 0.273. The first kappa shape index (κ1) is 11.9. The van der Waals surface area contributed by atoms with Crippen LogP contribution >= 0.6 is 15.9 Å². The van der Waals surface area contributed by atoms with E-state index in [-0.39, 0.29) is 11.3 Å². The number of ether oxygens (including phenoxy) is 1. The van der Waals surface area contributed by atoms with Gasteiger partial charge in [0.2, 0.25) is 0 Å². The minimum atomic E-state index is -0.461. The van der Waals surface area contributed by atoms with Crippen LogP contribution in [0.2, 0.25) is 0 Å². The molecule has 6 heteroatoms. The largest absolute Gasteiger partial charge is 0.461 e. The summed E-state index contributed by atoms with van der Waals surface area (Å²) in [6.45, 7) is 2.03. The van der Waals surface area contributed by atoms with E-state index in [0.29, 0.717) is 17.5 Å². The molecule has 0 unspecified atom stereocenters. The Morgan fingerprint density at radius 1 is 1.59 bits per heavy atom. The number of fused-ring (bicyclic) bond motifs is 1. The van der Waals surface area contributed by atoms with Gasteiger partial charge in [0.1, 0.15) is 5.69 Å². The topological polar surface area (TPSA) is 64.1 Å². The van der Waals surface area contributed by atoms with Crippen molar-refractivity contribution in [1.82, 2.24) is 9.55 Å². The van der Waals surface area contributed by atoms with Crippen LogP contribution in [0.5, 0.6) is 0 Å². The number of nitrogens with one attached hydrogen (secondary N) is 1. The Morgan fingerprint density at radius 3 is 2.94 bits per heavy atom. The Hall–Kier alpha value is -1.56. The number of aromatic nitrogens is 2. The summed E-state index contributed by atoms with van der Waals surface area (Å²) in [6.07, 6.45) is 1.65. The van der Waals surface area contributed by atoms with Gasteiger partial charge in [0.25, 0.3) is 5.56 Å². The molecule has 0 radical (unpaired) electrons. The Morgan fingerprint density at radius 2 is 2.29 bits per heavy atom. The summed E-state index contributed by atoms with van der Waals surface area (Å²) in [7, 11) is 1.66. The fourth-order valence-electron chi connectivity index (χ4n) is 1.61. The van der Waals surface area contributed by atoms with Gasteiger partial charge in [-0.05, 0) is 28.9 Å². The highest BCUT2D eigenvalue weighted by Gasteiger charge is 2.14. The number of H-pyrrole nitrogens is 1. The van der Waals surface area contributed by atoms with E-state index in [9.17, 15) is 9.59 Å². The third kappa shape index (κ3) is 2.00. The van der Waals surface area contributed by atoms with Crippen LogP contribution in [-0.4, -0.2) is 22.1 Å². The van der Waals surface area contributed by atoms with Crippen molar-refractivity contribution in [3.63, 3.8) is 0 Å². The number of halogens is 1. The number of aryl methyl sites for hydroxylation is 1. The number of esters is 1. The molecule has 1 N–H and O–H groups in total. The molecular weight excluding hydrogens is 288 g/mol. The lowest BCUT2D eigenvalue weighted by Crippen LogP contribution is -2.15. The van der Waals surface area contributed by atoms with Crippen molar-refractivity contribution >= 4 is 32.8 Å². The fourth-order valence-corrected chi connectivity index (χ4v) is 2.23. The van der Waals surface area contributed by atoms with E-state index in [0.717, 1.165) is 4.47 Å². The van der Waals surface area contributed by atoms with Gasteiger partial charge in [-0.15, -0.1) is 0 Å². The molecule has 2 rings (SSSR count). The number of pyridine rings is 1. The molecule has 17 heavy (non-hydrogen) atoms. The van der Waals surface area contributed by atoms with Gasteiger partial charge in [-0.25, -0.2) is 4.79 Å². The molecule has 0 aliphatic heterocycles. The summed E-state index contributed by atoms with van der Waals surface area (Å²) < 4.78 is 7.05. The quantitative estimate of drug-likeness (QED) is 0.860. The first-order valence-corrected chi connectivity index (χ1v) is 5.89. The van der Waals surface area contributed by atoms with Gasteiger partial charge in [-0.3, -0.25) is 4.79 Å². The normalized spacial score (nSPS) is 10.8. The van der Waals surface area contributed by atoms with Crippen LogP contribution in [0, 0.1) is 0 Å². The Labute approximate surface area is 106 Å². The SMILES string of the molecule is CCOC(=O)c1cc2c(=O)n(C)cc(Br)c2[nH]1. The van der Waals surface area contributed by atoms with E-state index in [4.69, 9.17) is 4.74 Å². The first-order valence-electron chi connectivity index (χ1n) is 5.09. The van der Waals surface area contributed by atoms with E-state index < -0.39 is 5.97 Å². The number of aromatic amines is 1. The first-order chi connectivity index (χ1) is 8.04. The average molecular weight is 299 g/mol. The zero-order chi connectivity index (χ0) is 12.6. The molecule has 0 aliphatic carbocycles. The summed E-state index contributed by atoms with van der Waals surface area (Å²) in [5, 5.41) is 0.463. The highest BCUT2D eigenvalue weighted by atomic mass is 79.9. The number of hydrogen-bond acceptors (Lipinski definition) is 3.